The summed E-state index contributed by atoms with van der Waals surface area (Å²) in [6, 6.07) is 7.52. The van der Waals surface area contributed by atoms with Crippen LogP contribution in [0.2, 0.25) is 0 Å². The predicted molar refractivity (Wildman–Crippen MR) is 80.9 cm³/mol. The molecule has 2 amide bonds. The highest BCUT2D eigenvalue weighted by Gasteiger charge is 2.24. The molecule has 1 aromatic rings. The zero-order chi connectivity index (χ0) is 14.4. The second kappa shape index (κ2) is 7.29. The van der Waals surface area contributed by atoms with Crippen molar-refractivity contribution in [2.24, 2.45) is 0 Å². The molecule has 0 aromatic heterocycles. The van der Waals surface area contributed by atoms with Crippen molar-refractivity contribution < 1.29 is 9.90 Å². The van der Waals surface area contributed by atoms with E-state index in [9.17, 15) is 9.90 Å². The lowest BCUT2D eigenvalue weighted by molar-refractivity contribution is 0.0955. The molecule has 1 aliphatic carbocycles. The van der Waals surface area contributed by atoms with E-state index < -0.39 is 6.10 Å². The summed E-state index contributed by atoms with van der Waals surface area (Å²) in [4.78, 5) is 12.0. The van der Waals surface area contributed by atoms with Crippen LogP contribution in [0.25, 0.3) is 0 Å². The molecule has 2 unspecified atom stereocenters. The predicted octanol–water partition coefficient (Wildman–Crippen LogP) is 3.06. The number of aliphatic hydroxyl groups is 1. The standard InChI is InChI=1S/C16H24N2O2/c1-2-7-12-8-3-4-9-13(12)17-16(20)18-14-10-5-6-11-15(14)19/h3-4,8-9,14-15,19H,2,5-7,10-11H2,1H3,(H2,17,18,20). The van der Waals surface area contributed by atoms with Crippen LogP contribution in [0.4, 0.5) is 10.5 Å². The number of nitrogens with one attached hydrogen (secondary N) is 2. The Labute approximate surface area is 120 Å². The van der Waals surface area contributed by atoms with Gasteiger partial charge in [0.2, 0.25) is 0 Å². The van der Waals surface area contributed by atoms with E-state index in [4.69, 9.17) is 0 Å². The molecule has 4 heteroatoms. The highest BCUT2D eigenvalue weighted by Crippen LogP contribution is 2.19. The number of carbonyl (C=O) groups excluding carboxylic acids is 1. The second-order valence-corrected chi connectivity index (χ2v) is 5.46. The Morgan fingerprint density at radius 2 is 2.05 bits per heavy atom. The summed E-state index contributed by atoms with van der Waals surface area (Å²) in [6.07, 6.45) is 5.31. The Morgan fingerprint density at radius 1 is 1.30 bits per heavy atom. The highest BCUT2D eigenvalue weighted by molar-refractivity contribution is 5.90. The molecule has 0 spiro atoms. The van der Waals surface area contributed by atoms with Gasteiger partial charge in [0.05, 0.1) is 12.1 Å². The topological polar surface area (TPSA) is 61.4 Å². The van der Waals surface area contributed by atoms with E-state index in [1.54, 1.807) is 0 Å². The van der Waals surface area contributed by atoms with Crippen LogP contribution in [0, 0.1) is 0 Å². The minimum absolute atomic E-state index is 0.123. The molecule has 1 saturated carbocycles. The van der Waals surface area contributed by atoms with Crippen LogP contribution in [-0.2, 0) is 6.42 Å². The van der Waals surface area contributed by atoms with Crippen molar-refractivity contribution in [1.29, 1.82) is 0 Å². The minimum Gasteiger partial charge on any atom is -0.391 e. The normalized spacial score (nSPS) is 22.3. The first-order valence-electron chi connectivity index (χ1n) is 7.54. The molecule has 3 N–H and O–H groups in total. The van der Waals surface area contributed by atoms with Gasteiger partial charge in [0.25, 0.3) is 0 Å². The molecule has 0 radical (unpaired) electrons. The third-order valence-corrected chi connectivity index (χ3v) is 3.83. The van der Waals surface area contributed by atoms with Gasteiger partial charge in [-0.25, -0.2) is 4.79 Å². The Balaban J connectivity index is 1.94. The molecule has 1 fully saturated rings. The van der Waals surface area contributed by atoms with Crippen molar-refractivity contribution >= 4 is 11.7 Å². The lowest BCUT2D eigenvalue weighted by Crippen LogP contribution is -2.46. The van der Waals surface area contributed by atoms with E-state index in [1.807, 2.05) is 24.3 Å². The van der Waals surface area contributed by atoms with Crippen molar-refractivity contribution in [2.45, 2.75) is 57.6 Å². The molecule has 4 nitrogen and oxygen atoms in total. The van der Waals surface area contributed by atoms with Gasteiger partial charge in [-0.2, -0.15) is 0 Å². The fourth-order valence-corrected chi connectivity index (χ4v) is 2.74. The lowest BCUT2D eigenvalue weighted by Gasteiger charge is -2.28. The van der Waals surface area contributed by atoms with Crippen molar-refractivity contribution in [3.8, 4) is 0 Å². The van der Waals surface area contributed by atoms with Gasteiger partial charge in [-0.05, 0) is 30.9 Å². The number of rotatable bonds is 4. The zero-order valence-electron chi connectivity index (χ0n) is 12.1. The molecule has 20 heavy (non-hydrogen) atoms. The average Bonchev–Trinajstić information content (AvgIpc) is 2.44. The number of hydrogen-bond acceptors (Lipinski definition) is 2. The number of carbonyl (C=O) groups is 1. The fourth-order valence-electron chi connectivity index (χ4n) is 2.74. The van der Waals surface area contributed by atoms with Crippen LogP contribution in [0.3, 0.4) is 0 Å². The molecule has 0 saturated heterocycles. The van der Waals surface area contributed by atoms with Gasteiger partial charge >= 0.3 is 6.03 Å². The van der Waals surface area contributed by atoms with Gasteiger partial charge in [-0.1, -0.05) is 44.4 Å². The Kier molecular flexibility index (Phi) is 5.41. The Morgan fingerprint density at radius 3 is 2.80 bits per heavy atom. The van der Waals surface area contributed by atoms with Crippen LogP contribution >= 0.6 is 0 Å². The van der Waals surface area contributed by atoms with Gasteiger partial charge in [0.15, 0.2) is 0 Å². The maximum atomic E-state index is 12.0. The van der Waals surface area contributed by atoms with Gasteiger partial charge in [0, 0.05) is 5.69 Å². The first kappa shape index (κ1) is 14.9. The lowest BCUT2D eigenvalue weighted by atomic mass is 9.93. The first-order chi connectivity index (χ1) is 9.70. The van der Waals surface area contributed by atoms with E-state index in [2.05, 4.69) is 17.6 Å². The maximum absolute atomic E-state index is 12.0. The van der Waals surface area contributed by atoms with Gasteiger partial charge in [-0.15, -0.1) is 0 Å². The molecule has 1 aromatic carbocycles. The third-order valence-electron chi connectivity index (χ3n) is 3.83. The van der Waals surface area contributed by atoms with Gasteiger partial charge in [-0.3, -0.25) is 0 Å². The van der Waals surface area contributed by atoms with E-state index in [0.29, 0.717) is 0 Å². The van der Waals surface area contributed by atoms with Crippen LogP contribution in [0.5, 0.6) is 0 Å². The van der Waals surface area contributed by atoms with E-state index in [0.717, 1.165) is 49.8 Å². The zero-order valence-corrected chi connectivity index (χ0v) is 12.1. The average molecular weight is 276 g/mol. The first-order valence-corrected chi connectivity index (χ1v) is 7.54. The van der Waals surface area contributed by atoms with Crippen molar-refractivity contribution in [3.05, 3.63) is 29.8 Å². The van der Waals surface area contributed by atoms with E-state index in [-0.39, 0.29) is 12.1 Å². The number of aliphatic hydroxyl groups excluding tert-OH is 1. The van der Waals surface area contributed by atoms with Gasteiger partial charge in [0.1, 0.15) is 0 Å². The minimum atomic E-state index is -0.416. The van der Waals surface area contributed by atoms with E-state index in [1.165, 1.54) is 0 Å². The van der Waals surface area contributed by atoms with Crippen LogP contribution in [0.15, 0.2) is 24.3 Å². The van der Waals surface area contributed by atoms with Crippen molar-refractivity contribution in [2.75, 3.05) is 5.32 Å². The summed E-state index contributed by atoms with van der Waals surface area (Å²) in [7, 11) is 0. The number of aryl methyl sites for hydroxylation is 1. The third kappa shape index (κ3) is 3.97. The number of urea groups is 1. The van der Waals surface area contributed by atoms with Crippen LogP contribution in [0.1, 0.15) is 44.6 Å². The molecular weight excluding hydrogens is 252 g/mol. The second-order valence-electron chi connectivity index (χ2n) is 5.46. The monoisotopic (exact) mass is 276 g/mol. The number of anilines is 1. The summed E-state index contributed by atoms with van der Waals surface area (Å²) >= 11 is 0. The Hall–Kier alpha value is -1.55. The molecule has 1 aliphatic rings. The highest BCUT2D eigenvalue weighted by atomic mass is 16.3. The number of benzene rings is 1. The summed E-state index contributed by atoms with van der Waals surface area (Å²) in [5, 5.41) is 15.7. The largest absolute Gasteiger partial charge is 0.391 e. The smallest absolute Gasteiger partial charge is 0.319 e. The van der Waals surface area contributed by atoms with Gasteiger partial charge < -0.3 is 15.7 Å². The Bertz CT molecular complexity index is 448. The summed E-state index contributed by atoms with van der Waals surface area (Å²) in [5.74, 6) is 0. The van der Waals surface area contributed by atoms with Crippen molar-refractivity contribution in [1.82, 2.24) is 5.32 Å². The van der Waals surface area contributed by atoms with Crippen LogP contribution in [-0.4, -0.2) is 23.3 Å². The van der Waals surface area contributed by atoms with Crippen LogP contribution < -0.4 is 10.6 Å². The quantitative estimate of drug-likeness (QED) is 0.791. The van der Waals surface area contributed by atoms with Crippen molar-refractivity contribution in [3.63, 3.8) is 0 Å². The SMILES string of the molecule is CCCc1ccccc1NC(=O)NC1CCCCC1O. The number of amides is 2. The molecule has 0 aliphatic heterocycles. The fraction of sp³-hybridized carbons (Fsp3) is 0.562. The molecule has 2 atom stereocenters. The number of hydrogen-bond donors (Lipinski definition) is 3. The number of para-hydroxylation sites is 1. The molecular formula is C16H24N2O2. The van der Waals surface area contributed by atoms with E-state index >= 15 is 0 Å². The molecule has 110 valence electrons. The summed E-state index contributed by atoms with van der Waals surface area (Å²) in [5.41, 5.74) is 2.01. The maximum Gasteiger partial charge on any atom is 0.319 e. The molecule has 0 heterocycles. The summed E-state index contributed by atoms with van der Waals surface area (Å²) < 4.78 is 0. The summed E-state index contributed by atoms with van der Waals surface area (Å²) in [6.45, 7) is 2.12. The molecule has 2 rings (SSSR count). The molecule has 0 bridgehead atoms.